The zero-order valence-electron chi connectivity index (χ0n) is 10.2. The molecule has 0 aliphatic rings. The van der Waals surface area contributed by atoms with Gasteiger partial charge in [-0.05, 0) is 0 Å². The van der Waals surface area contributed by atoms with Crippen LogP contribution >= 0.6 is 0 Å². The summed E-state index contributed by atoms with van der Waals surface area (Å²) in [7, 11) is 0. The number of hydrogen-bond acceptors (Lipinski definition) is 3. The van der Waals surface area contributed by atoms with E-state index in [2.05, 4.69) is 5.32 Å². The molecule has 0 atom stereocenters. The van der Waals surface area contributed by atoms with E-state index in [1.54, 1.807) is 30.3 Å². The van der Waals surface area contributed by atoms with Crippen molar-refractivity contribution in [2.24, 2.45) is 0 Å². The van der Waals surface area contributed by atoms with E-state index in [-0.39, 0.29) is 10.0 Å². The molecular weight excluding hydrogens is 325 g/mol. The van der Waals surface area contributed by atoms with E-state index in [0.717, 1.165) is 0 Å². The van der Waals surface area contributed by atoms with E-state index in [9.17, 15) is 21.8 Å². The van der Waals surface area contributed by atoms with Crippen LogP contribution in [0.15, 0.2) is 48.5 Å². The van der Waals surface area contributed by atoms with Gasteiger partial charge in [0.05, 0.1) is 0 Å². The second kappa shape index (κ2) is 5.54. The van der Waals surface area contributed by atoms with Gasteiger partial charge in [-0.2, -0.15) is 0 Å². The van der Waals surface area contributed by atoms with Crippen LogP contribution in [0, 0.1) is 0 Å². The molecule has 4 N–H and O–H groups in total. The molecule has 0 spiro atoms. The number of aromatic hydroxyl groups is 1. The summed E-state index contributed by atoms with van der Waals surface area (Å²) in [4.78, 5) is 12.0. The van der Waals surface area contributed by atoms with Crippen LogP contribution in [0.5, 0.6) is 5.75 Å². The molecule has 104 valence electrons. The second-order valence-electron chi connectivity index (χ2n) is 4.04. The monoisotopic (exact) mass is 337 g/mol. The van der Waals surface area contributed by atoms with Crippen molar-refractivity contribution in [1.82, 2.24) is 0 Å². The summed E-state index contributed by atoms with van der Waals surface area (Å²) >= 11 is -5.25. The number of carbonyl (C=O) groups is 1. The number of amides is 1. The quantitative estimate of drug-likeness (QED) is 0.473. The number of nitrogens with one attached hydrogen (secondary N) is 1. The minimum atomic E-state index is -5.25. The van der Waals surface area contributed by atoms with Gasteiger partial charge < -0.3 is 0 Å². The van der Waals surface area contributed by atoms with Gasteiger partial charge in [-0.1, -0.05) is 0 Å². The maximum absolute atomic E-state index is 12.0. The van der Waals surface area contributed by atoms with Crippen LogP contribution in [0.4, 0.5) is 5.69 Å². The fourth-order valence-corrected chi connectivity index (χ4v) is 3.23. The van der Waals surface area contributed by atoms with Gasteiger partial charge in [0.25, 0.3) is 0 Å². The predicted molar refractivity (Wildman–Crippen MR) is 73.0 cm³/mol. The van der Waals surface area contributed by atoms with Crippen LogP contribution in [0.1, 0.15) is 10.4 Å². The minimum absolute atomic E-state index is 0.256. The van der Waals surface area contributed by atoms with Crippen LogP contribution in [0.3, 0.4) is 0 Å². The maximum atomic E-state index is 12.0. The van der Waals surface area contributed by atoms with Crippen molar-refractivity contribution in [2.45, 2.75) is 0 Å². The van der Waals surface area contributed by atoms with E-state index in [1.165, 1.54) is 18.2 Å². The number of carbonyl (C=O) groups excluding carboxylic acids is 1. The Labute approximate surface area is 117 Å². The predicted octanol–water partition coefficient (Wildman–Crippen LogP) is 0.205. The Morgan fingerprint density at radius 2 is 1.65 bits per heavy atom. The summed E-state index contributed by atoms with van der Waals surface area (Å²) in [5, 5.41) is 12.0. The molecule has 2 aromatic carbocycles. The first-order valence-electron chi connectivity index (χ1n) is 5.64. The Hall–Kier alpha value is -2.01. The summed E-state index contributed by atoms with van der Waals surface area (Å²) in [6.07, 6.45) is 0. The number of phenolic OH excluding ortho intramolecular Hbond substituents is 1. The normalized spacial score (nSPS) is 11.1. The van der Waals surface area contributed by atoms with E-state index in [4.69, 9.17) is 0 Å². The zero-order valence-corrected chi connectivity index (χ0v) is 12.1. The third-order valence-electron chi connectivity index (χ3n) is 2.61. The van der Waals surface area contributed by atoms with Crippen LogP contribution in [0.25, 0.3) is 0 Å². The van der Waals surface area contributed by atoms with Gasteiger partial charge in [0.1, 0.15) is 0 Å². The molecule has 20 heavy (non-hydrogen) atoms. The van der Waals surface area contributed by atoms with E-state index >= 15 is 0 Å². The van der Waals surface area contributed by atoms with Gasteiger partial charge in [-0.3, -0.25) is 0 Å². The molecular formula is C13H12AsNO5. The topological polar surface area (TPSA) is 107 Å². The van der Waals surface area contributed by atoms with E-state index in [1.807, 2.05) is 0 Å². The molecule has 0 radical (unpaired) electrons. The molecule has 0 saturated heterocycles. The standard InChI is InChI=1S/C13H12AsNO5/c16-11-8-4-7-10(14(18,19)20)12(11)15-13(17)9-5-2-1-3-6-9/h1-8,16H,(H,15,17)(H2,18,19,20). The fourth-order valence-electron chi connectivity index (χ4n) is 1.67. The van der Waals surface area contributed by atoms with Crippen molar-refractivity contribution in [3.8, 4) is 5.75 Å². The molecule has 0 aliphatic heterocycles. The average Bonchev–Trinajstić information content (AvgIpc) is 2.40. The molecule has 0 bridgehead atoms. The number of benzene rings is 2. The van der Waals surface area contributed by atoms with Crippen molar-refractivity contribution in [3.63, 3.8) is 0 Å². The number of para-hydroxylation sites is 1. The van der Waals surface area contributed by atoms with Crippen molar-refractivity contribution in [3.05, 3.63) is 54.1 Å². The molecule has 7 heteroatoms. The van der Waals surface area contributed by atoms with Gasteiger partial charge in [0.2, 0.25) is 0 Å². The van der Waals surface area contributed by atoms with Crippen molar-refractivity contribution >= 4 is 30.1 Å². The van der Waals surface area contributed by atoms with Crippen LogP contribution in [-0.4, -0.2) is 33.4 Å². The van der Waals surface area contributed by atoms with Crippen LogP contribution in [-0.2, 0) is 3.74 Å². The Bertz CT molecular complexity index is 680. The molecule has 2 aromatic rings. The molecule has 6 nitrogen and oxygen atoms in total. The van der Waals surface area contributed by atoms with E-state index in [0.29, 0.717) is 5.56 Å². The summed E-state index contributed by atoms with van der Waals surface area (Å²) in [6.45, 7) is 0. The van der Waals surface area contributed by atoms with Crippen molar-refractivity contribution in [1.29, 1.82) is 0 Å². The Morgan fingerprint density at radius 3 is 2.25 bits per heavy atom. The zero-order chi connectivity index (χ0) is 14.8. The Morgan fingerprint density at radius 1 is 1.00 bits per heavy atom. The number of hydrogen-bond donors (Lipinski definition) is 4. The molecule has 0 unspecified atom stereocenters. The molecule has 1 amide bonds. The number of phenols is 1. The second-order valence-corrected chi connectivity index (χ2v) is 7.33. The molecule has 0 heterocycles. The van der Waals surface area contributed by atoms with E-state index < -0.39 is 25.8 Å². The van der Waals surface area contributed by atoms with Crippen molar-refractivity contribution < 1.29 is 21.8 Å². The van der Waals surface area contributed by atoms with Crippen molar-refractivity contribution in [2.75, 3.05) is 5.32 Å². The summed E-state index contributed by atoms with van der Waals surface area (Å²) < 4.78 is 29.6. The van der Waals surface area contributed by atoms with Crippen LogP contribution < -0.4 is 9.67 Å². The average molecular weight is 337 g/mol. The fraction of sp³-hybridized carbons (Fsp3) is 0. The molecule has 0 fully saturated rings. The molecule has 2 rings (SSSR count). The van der Waals surface area contributed by atoms with Gasteiger partial charge in [0.15, 0.2) is 0 Å². The number of rotatable bonds is 3. The SMILES string of the molecule is O=C(Nc1c(O)cccc1[As](=O)(O)O)c1ccccc1. The first kappa shape index (κ1) is 14.4. The summed E-state index contributed by atoms with van der Waals surface area (Å²) in [5.41, 5.74) is 0.0635. The Balaban J connectivity index is 2.39. The summed E-state index contributed by atoms with van der Waals surface area (Å²) in [6, 6.07) is 11.9. The molecule has 0 aromatic heterocycles. The van der Waals surface area contributed by atoms with Gasteiger partial charge in [-0.15, -0.1) is 0 Å². The third kappa shape index (κ3) is 3.11. The van der Waals surface area contributed by atoms with Crippen LogP contribution in [0.2, 0.25) is 0 Å². The first-order chi connectivity index (χ1) is 9.39. The third-order valence-corrected chi connectivity index (χ3v) is 4.71. The van der Waals surface area contributed by atoms with Gasteiger partial charge >= 0.3 is 117 Å². The number of anilines is 1. The van der Waals surface area contributed by atoms with Gasteiger partial charge in [0, 0.05) is 0 Å². The van der Waals surface area contributed by atoms with Gasteiger partial charge in [-0.25, -0.2) is 0 Å². The Kier molecular flexibility index (Phi) is 3.99. The first-order valence-corrected chi connectivity index (χ1v) is 9.02. The molecule has 0 aliphatic carbocycles. The summed E-state index contributed by atoms with van der Waals surface area (Å²) in [5.74, 6) is -0.950. The molecule has 0 saturated carbocycles.